The molecule has 3 aromatic heterocycles. The summed E-state index contributed by atoms with van der Waals surface area (Å²) < 4.78 is 6.09. The number of halogens is 1. The van der Waals surface area contributed by atoms with Gasteiger partial charge in [-0.15, -0.1) is 11.6 Å². The molecule has 0 aliphatic carbocycles. The summed E-state index contributed by atoms with van der Waals surface area (Å²) in [4.78, 5) is 9.03. The maximum atomic E-state index is 6.07. The molecule has 0 aromatic carbocycles. The Hall–Kier alpha value is -1.82. The molecule has 0 N–H and O–H groups in total. The monoisotopic (exact) mass is 306 g/mol. The standard InChI is InChI=1S/C14H19ClN6/c1-4-10-13-14(20(3)18-10)21(12(9-15)17-13)7-5-11-16-6-8-19(11)2/h6,8H,4-5,7,9H2,1-3H3. The number of fused-ring (bicyclic) bond motifs is 1. The third-order valence-corrected chi connectivity index (χ3v) is 4.04. The first-order valence-corrected chi connectivity index (χ1v) is 7.62. The van der Waals surface area contributed by atoms with Gasteiger partial charge in [-0.3, -0.25) is 4.68 Å². The minimum atomic E-state index is 0.401. The van der Waals surface area contributed by atoms with Crippen LogP contribution in [-0.4, -0.2) is 28.9 Å². The third-order valence-electron chi connectivity index (χ3n) is 3.80. The lowest BCUT2D eigenvalue weighted by atomic mass is 10.3. The minimum absolute atomic E-state index is 0.401. The number of alkyl halides is 1. The van der Waals surface area contributed by atoms with Crippen LogP contribution in [0.2, 0.25) is 0 Å². The van der Waals surface area contributed by atoms with E-state index in [0.717, 1.165) is 47.9 Å². The Balaban J connectivity index is 2.00. The molecule has 0 amide bonds. The molecule has 3 aromatic rings. The smallest absolute Gasteiger partial charge is 0.158 e. The third kappa shape index (κ3) is 2.33. The van der Waals surface area contributed by atoms with Gasteiger partial charge < -0.3 is 9.13 Å². The Kier molecular flexibility index (Phi) is 3.71. The van der Waals surface area contributed by atoms with E-state index in [9.17, 15) is 0 Å². The van der Waals surface area contributed by atoms with Crippen molar-refractivity contribution in [2.75, 3.05) is 0 Å². The molecule has 0 radical (unpaired) electrons. The minimum Gasteiger partial charge on any atom is -0.338 e. The second kappa shape index (κ2) is 5.52. The normalized spacial score (nSPS) is 11.6. The molecule has 7 heteroatoms. The fraction of sp³-hybridized carbons (Fsp3) is 0.500. The van der Waals surface area contributed by atoms with E-state index in [2.05, 4.69) is 26.6 Å². The van der Waals surface area contributed by atoms with Crippen LogP contribution >= 0.6 is 11.6 Å². The first-order valence-electron chi connectivity index (χ1n) is 7.08. The molecule has 112 valence electrons. The van der Waals surface area contributed by atoms with E-state index in [-0.39, 0.29) is 0 Å². The summed E-state index contributed by atoms with van der Waals surface area (Å²) in [6.45, 7) is 2.89. The molecule has 0 fully saturated rings. The summed E-state index contributed by atoms with van der Waals surface area (Å²) >= 11 is 6.07. The average molecular weight is 307 g/mol. The summed E-state index contributed by atoms with van der Waals surface area (Å²) in [5, 5.41) is 4.54. The summed E-state index contributed by atoms with van der Waals surface area (Å²) in [6.07, 6.45) is 5.49. The van der Waals surface area contributed by atoms with Crippen LogP contribution in [0, 0.1) is 0 Å². The van der Waals surface area contributed by atoms with Crippen molar-refractivity contribution in [3.8, 4) is 0 Å². The van der Waals surface area contributed by atoms with Crippen LogP contribution in [0.4, 0.5) is 0 Å². The second-order valence-corrected chi connectivity index (χ2v) is 5.38. The van der Waals surface area contributed by atoms with Gasteiger partial charge in [-0.2, -0.15) is 5.10 Å². The van der Waals surface area contributed by atoms with Gasteiger partial charge in [-0.1, -0.05) is 6.92 Å². The summed E-state index contributed by atoms with van der Waals surface area (Å²) in [6, 6.07) is 0. The second-order valence-electron chi connectivity index (χ2n) is 5.11. The van der Waals surface area contributed by atoms with Crippen LogP contribution < -0.4 is 0 Å². The van der Waals surface area contributed by atoms with Crippen molar-refractivity contribution < 1.29 is 0 Å². The first kappa shape index (κ1) is 14.1. The molecule has 0 saturated heterocycles. The molecule has 3 heterocycles. The number of hydrogen-bond acceptors (Lipinski definition) is 3. The quantitative estimate of drug-likeness (QED) is 0.678. The molecule has 0 bridgehead atoms. The molecule has 0 aliphatic heterocycles. The van der Waals surface area contributed by atoms with Crippen LogP contribution in [0.5, 0.6) is 0 Å². The zero-order valence-electron chi connectivity index (χ0n) is 12.5. The van der Waals surface area contributed by atoms with E-state index in [0.29, 0.717) is 5.88 Å². The van der Waals surface area contributed by atoms with Crippen molar-refractivity contribution in [3.05, 3.63) is 29.7 Å². The Labute approximate surface area is 128 Å². The van der Waals surface area contributed by atoms with Crippen LogP contribution in [0.1, 0.15) is 24.3 Å². The molecular formula is C14H19ClN6. The van der Waals surface area contributed by atoms with E-state index in [1.807, 2.05) is 35.7 Å². The van der Waals surface area contributed by atoms with Crippen LogP contribution in [-0.2, 0) is 39.4 Å². The highest BCUT2D eigenvalue weighted by Crippen LogP contribution is 2.21. The first-order chi connectivity index (χ1) is 10.2. The maximum absolute atomic E-state index is 6.07. The molecule has 21 heavy (non-hydrogen) atoms. The van der Waals surface area contributed by atoms with E-state index in [1.165, 1.54) is 0 Å². The van der Waals surface area contributed by atoms with Gasteiger partial charge in [0, 0.05) is 39.5 Å². The van der Waals surface area contributed by atoms with Crippen molar-refractivity contribution >= 4 is 22.8 Å². The van der Waals surface area contributed by atoms with Crippen LogP contribution in [0.15, 0.2) is 12.4 Å². The predicted octanol–water partition coefficient (Wildman–Crippen LogP) is 2.05. The molecule has 0 unspecified atom stereocenters. The summed E-state index contributed by atoms with van der Waals surface area (Å²) in [7, 11) is 3.96. The zero-order chi connectivity index (χ0) is 15.0. The van der Waals surface area contributed by atoms with E-state index in [4.69, 9.17) is 11.6 Å². The number of aryl methyl sites for hydroxylation is 5. The lowest BCUT2D eigenvalue weighted by Gasteiger charge is -2.08. The van der Waals surface area contributed by atoms with Crippen LogP contribution in [0.3, 0.4) is 0 Å². The largest absolute Gasteiger partial charge is 0.338 e. The summed E-state index contributed by atoms with van der Waals surface area (Å²) in [5.74, 6) is 2.34. The SMILES string of the molecule is CCc1nn(C)c2c1nc(CCl)n2CCc1nccn1C. The molecule has 0 spiro atoms. The highest BCUT2D eigenvalue weighted by molar-refractivity contribution is 6.16. The van der Waals surface area contributed by atoms with Gasteiger partial charge >= 0.3 is 0 Å². The summed E-state index contributed by atoms with van der Waals surface area (Å²) in [5.41, 5.74) is 3.03. The fourth-order valence-electron chi connectivity index (χ4n) is 2.71. The number of nitrogens with zero attached hydrogens (tertiary/aromatic N) is 6. The Bertz CT molecular complexity index is 766. The van der Waals surface area contributed by atoms with Crippen LogP contribution in [0.25, 0.3) is 11.2 Å². The number of rotatable bonds is 5. The van der Waals surface area contributed by atoms with Gasteiger partial charge in [-0.05, 0) is 6.42 Å². The van der Waals surface area contributed by atoms with Crippen molar-refractivity contribution in [1.82, 2.24) is 28.9 Å². The Morgan fingerprint density at radius 2 is 2.05 bits per heavy atom. The fourth-order valence-corrected chi connectivity index (χ4v) is 2.92. The number of imidazole rings is 2. The molecule has 0 atom stereocenters. The Morgan fingerprint density at radius 3 is 2.67 bits per heavy atom. The highest BCUT2D eigenvalue weighted by Gasteiger charge is 2.18. The lowest BCUT2D eigenvalue weighted by Crippen LogP contribution is -2.10. The highest BCUT2D eigenvalue weighted by atomic mass is 35.5. The van der Waals surface area contributed by atoms with Crippen molar-refractivity contribution in [1.29, 1.82) is 0 Å². The van der Waals surface area contributed by atoms with E-state index >= 15 is 0 Å². The van der Waals surface area contributed by atoms with Gasteiger partial charge in [0.1, 0.15) is 17.2 Å². The number of hydrogen-bond donors (Lipinski definition) is 0. The van der Waals surface area contributed by atoms with Crippen molar-refractivity contribution in [2.45, 2.75) is 32.2 Å². The Morgan fingerprint density at radius 1 is 1.24 bits per heavy atom. The van der Waals surface area contributed by atoms with E-state index < -0.39 is 0 Å². The average Bonchev–Trinajstić information content (AvgIpc) is 3.12. The lowest BCUT2D eigenvalue weighted by molar-refractivity contribution is 0.623. The van der Waals surface area contributed by atoms with Gasteiger partial charge in [-0.25, -0.2) is 9.97 Å². The zero-order valence-corrected chi connectivity index (χ0v) is 13.3. The molecule has 3 rings (SSSR count). The topological polar surface area (TPSA) is 53.5 Å². The molecule has 0 aliphatic rings. The predicted molar refractivity (Wildman–Crippen MR) is 82.3 cm³/mol. The molecule has 0 saturated carbocycles. The van der Waals surface area contributed by atoms with Gasteiger partial charge in [0.25, 0.3) is 0 Å². The van der Waals surface area contributed by atoms with Gasteiger partial charge in [0.15, 0.2) is 5.65 Å². The van der Waals surface area contributed by atoms with Crippen molar-refractivity contribution in [2.24, 2.45) is 14.1 Å². The number of aromatic nitrogens is 6. The van der Waals surface area contributed by atoms with Gasteiger partial charge in [0.2, 0.25) is 0 Å². The molecule has 6 nitrogen and oxygen atoms in total. The molecular weight excluding hydrogens is 288 g/mol. The van der Waals surface area contributed by atoms with E-state index in [1.54, 1.807) is 0 Å². The van der Waals surface area contributed by atoms with Crippen molar-refractivity contribution in [3.63, 3.8) is 0 Å². The van der Waals surface area contributed by atoms with Gasteiger partial charge in [0.05, 0.1) is 11.6 Å². The maximum Gasteiger partial charge on any atom is 0.158 e.